The van der Waals surface area contributed by atoms with E-state index in [2.05, 4.69) is 18.7 Å². The first kappa shape index (κ1) is 19.8. The molecule has 3 aliphatic carbocycles. The third-order valence-electron chi connectivity index (χ3n) is 7.06. The van der Waals surface area contributed by atoms with E-state index in [4.69, 9.17) is 0 Å². The molecule has 3 heteroatoms. The lowest BCUT2D eigenvalue weighted by Crippen LogP contribution is -2.33. The summed E-state index contributed by atoms with van der Waals surface area (Å²) in [6.45, 7) is 5.94. The van der Waals surface area contributed by atoms with Crippen LogP contribution in [0.15, 0.2) is 35.5 Å². The molecule has 26 heavy (non-hydrogen) atoms. The molecule has 3 saturated carbocycles. The second-order valence-electron chi connectivity index (χ2n) is 9.04. The van der Waals surface area contributed by atoms with Gasteiger partial charge in [-0.15, -0.1) is 0 Å². The molecule has 4 unspecified atom stereocenters. The molecule has 0 aliphatic heterocycles. The molecule has 0 radical (unpaired) electrons. The summed E-state index contributed by atoms with van der Waals surface area (Å²) in [7, 11) is 0. The van der Waals surface area contributed by atoms with Crippen molar-refractivity contribution >= 4 is 0 Å². The molecule has 1 nitrogen and oxygen atoms in total. The van der Waals surface area contributed by atoms with Crippen LogP contribution in [0.1, 0.15) is 77.6 Å². The molecule has 0 amide bonds. The van der Waals surface area contributed by atoms with E-state index >= 15 is 0 Å². The molecular weight excluding hydrogens is 330 g/mol. The van der Waals surface area contributed by atoms with Crippen molar-refractivity contribution in [3.05, 3.63) is 35.5 Å². The lowest BCUT2D eigenvalue weighted by molar-refractivity contribution is 0.0798. The summed E-state index contributed by atoms with van der Waals surface area (Å²) >= 11 is 0. The van der Waals surface area contributed by atoms with E-state index in [-0.39, 0.29) is 23.9 Å². The van der Waals surface area contributed by atoms with Crippen LogP contribution in [0, 0.1) is 17.3 Å². The number of alkyl halides is 2. The Bertz CT molecular complexity index is 577. The lowest BCUT2D eigenvalue weighted by atomic mass is 9.62. The average molecular weight is 365 g/mol. The SMILES string of the molecule is C=C1CC/C(=C/C=C2\CCCC3(CC(C)CC(F)F)CCCC23)CC1O. The molecule has 0 saturated heterocycles. The van der Waals surface area contributed by atoms with Gasteiger partial charge in [0, 0.05) is 6.42 Å². The third kappa shape index (κ3) is 4.47. The number of aliphatic hydroxyl groups is 1. The zero-order chi connectivity index (χ0) is 18.7. The van der Waals surface area contributed by atoms with Gasteiger partial charge in [-0.3, -0.25) is 0 Å². The van der Waals surface area contributed by atoms with Gasteiger partial charge in [-0.05, 0) is 80.6 Å². The number of aliphatic hydroxyl groups excluding tert-OH is 1. The Balaban J connectivity index is 1.72. The summed E-state index contributed by atoms with van der Waals surface area (Å²) in [6.07, 6.45) is 12.8. The van der Waals surface area contributed by atoms with Crippen LogP contribution in [-0.4, -0.2) is 17.6 Å². The standard InChI is InChI=1S/C23H34F2O/c1-16(13-22(24)25)15-23-11-3-5-19(20(23)6-4-12-23)10-9-18-8-7-17(2)21(26)14-18/h9-10,16,20-22,26H,2-8,11-15H2,1H3/b18-9-,19-10+. The maximum absolute atomic E-state index is 12.8. The smallest absolute Gasteiger partial charge is 0.238 e. The number of hydrogen-bond donors (Lipinski definition) is 1. The van der Waals surface area contributed by atoms with Crippen LogP contribution in [-0.2, 0) is 0 Å². The highest BCUT2D eigenvalue weighted by Gasteiger charge is 2.46. The van der Waals surface area contributed by atoms with Gasteiger partial charge in [0.1, 0.15) is 0 Å². The summed E-state index contributed by atoms with van der Waals surface area (Å²) in [5.41, 5.74) is 4.06. The molecule has 0 aromatic heterocycles. The van der Waals surface area contributed by atoms with E-state index in [9.17, 15) is 13.9 Å². The highest BCUT2D eigenvalue weighted by molar-refractivity contribution is 5.27. The number of allylic oxidation sites excluding steroid dienone is 3. The van der Waals surface area contributed by atoms with Crippen molar-refractivity contribution in [2.45, 2.75) is 90.1 Å². The second-order valence-corrected chi connectivity index (χ2v) is 9.04. The van der Waals surface area contributed by atoms with Crippen LogP contribution < -0.4 is 0 Å². The Morgan fingerprint density at radius 3 is 2.69 bits per heavy atom. The Labute approximate surface area is 157 Å². The summed E-state index contributed by atoms with van der Waals surface area (Å²) in [6, 6.07) is 0. The normalized spacial score (nSPS) is 36.7. The fourth-order valence-electron chi connectivity index (χ4n) is 5.82. The highest BCUT2D eigenvalue weighted by Crippen LogP contribution is 2.57. The van der Waals surface area contributed by atoms with E-state index in [0.717, 1.165) is 31.3 Å². The van der Waals surface area contributed by atoms with Gasteiger partial charge < -0.3 is 5.11 Å². The molecule has 146 valence electrons. The minimum absolute atomic E-state index is 0.0410. The van der Waals surface area contributed by atoms with Gasteiger partial charge in [0.2, 0.25) is 6.43 Å². The Morgan fingerprint density at radius 2 is 1.96 bits per heavy atom. The van der Waals surface area contributed by atoms with E-state index in [1.165, 1.54) is 43.3 Å². The number of hydrogen-bond acceptors (Lipinski definition) is 1. The maximum Gasteiger partial charge on any atom is 0.238 e. The van der Waals surface area contributed by atoms with Crippen molar-refractivity contribution < 1.29 is 13.9 Å². The molecule has 0 heterocycles. The average Bonchev–Trinajstić information content (AvgIpc) is 2.99. The molecule has 0 aromatic rings. The Kier molecular flexibility index (Phi) is 6.37. The Hall–Kier alpha value is -0.960. The minimum atomic E-state index is -2.18. The highest BCUT2D eigenvalue weighted by atomic mass is 19.3. The molecular formula is C23H34F2O. The molecule has 3 aliphatic rings. The van der Waals surface area contributed by atoms with Crippen LogP contribution in [0.3, 0.4) is 0 Å². The predicted molar refractivity (Wildman–Crippen MR) is 103 cm³/mol. The van der Waals surface area contributed by atoms with Gasteiger partial charge >= 0.3 is 0 Å². The quantitative estimate of drug-likeness (QED) is 0.545. The minimum Gasteiger partial charge on any atom is -0.388 e. The first-order valence-corrected chi connectivity index (χ1v) is 10.4. The predicted octanol–water partition coefficient (Wildman–Crippen LogP) is 6.59. The molecule has 1 N–H and O–H groups in total. The van der Waals surface area contributed by atoms with Crippen LogP contribution in [0.4, 0.5) is 8.78 Å². The first-order valence-electron chi connectivity index (χ1n) is 10.4. The number of rotatable bonds is 5. The third-order valence-corrected chi connectivity index (χ3v) is 7.06. The summed E-state index contributed by atoms with van der Waals surface area (Å²) in [5.74, 6) is 0.685. The fraction of sp³-hybridized carbons (Fsp3) is 0.739. The molecule has 3 fully saturated rings. The van der Waals surface area contributed by atoms with Crippen molar-refractivity contribution in [1.82, 2.24) is 0 Å². The van der Waals surface area contributed by atoms with Crippen molar-refractivity contribution in [3.63, 3.8) is 0 Å². The topological polar surface area (TPSA) is 20.2 Å². The van der Waals surface area contributed by atoms with E-state index < -0.39 is 6.43 Å². The monoisotopic (exact) mass is 364 g/mol. The molecule has 4 atom stereocenters. The lowest BCUT2D eigenvalue weighted by Gasteiger charge is -2.43. The fourth-order valence-corrected chi connectivity index (χ4v) is 5.82. The van der Waals surface area contributed by atoms with E-state index in [1.54, 1.807) is 0 Å². The summed E-state index contributed by atoms with van der Waals surface area (Å²) in [5, 5.41) is 10.0. The van der Waals surface area contributed by atoms with Gasteiger partial charge in [0.05, 0.1) is 6.10 Å². The zero-order valence-electron chi connectivity index (χ0n) is 16.2. The van der Waals surface area contributed by atoms with Gasteiger partial charge in [-0.1, -0.05) is 43.2 Å². The van der Waals surface area contributed by atoms with Crippen LogP contribution >= 0.6 is 0 Å². The maximum atomic E-state index is 12.8. The van der Waals surface area contributed by atoms with Crippen LogP contribution in [0.25, 0.3) is 0 Å². The van der Waals surface area contributed by atoms with Gasteiger partial charge in [0.15, 0.2) is 0 Å². The van der Waals surface area contributed by atoms with E-state index in [0.29, 0.717) is 12.3 Å². The van der Waals surface area contributed by atoms with Crippen LogP contribution in [0.5, 0.6) is 0 Å². The molecule has 0 aromatic carbocycles. The summed E-state index contributed by atoms with van der Waals surface area (Å²) < 4.78 is 25.6. The van der Waals surface area contributed by atoms with Crippen molar-refractivity contribution in [2.75, 3.05) is 0 Å². The zero-order valence-corrected chi connectivity index (χ0v) is 16.2. The van der Waals surface area contributed by atoms with E-state index in [1.807, 2.05) is 6.92 Å². The molecule has 0 bridgehead atoms. The largest absolute Gasteiger partial charge is 0.388 e. The number of fused-ring (bicyclic) bond motifs is 1. The van der Waals surface area contributed by atoms with Gasteiger partial charge in [-0.2, -0.15) is 0 Å². The van der Waals surface area contributed by atoms with Crippen LogP contribution in [0.2, 0.25) is 0 Å². The van der Waals surface area contributed by atoms with Crippen molar-refractivity contribution in [2.24, 2.45) is 17.3 Å². The van der Waals surface area contributed by atoms with Gasteiger partial charge in [-0.25, -0.2) is 8.78 Å². The molecule has 0 spiro atoms. The summed E-state index contributed by atoms with van der Waals surface area (Å²) in [4.78, 5) is 0. The van der Waals surface area contributed by atoms with Gasteiger partial charge in [0.25, 0.3) is 0 Å². The molecule has 3 rings (SSSR count). The number of halogens is 2. The second kappa shape index (κ2) is 8.37. The van der Waals surface area contributed by atoms with Crippen molar-refractivity contribution in [1.29, 1.82) is 0 Å². The first-order chi connectivity index (χ1) is 12.4. The van der Waals surface area contributed by atoms with Crippen molar-refractivity contribution in [3.8, 4) is 0 Å². The Morgan fingerprint density at radius 1 is 1.19 bits per heavy atom.